The molecule has 28 heavy (non-hydrogen) atoms. The largest absolute Gasteiger partial charge is 0.497 e. The third kappa shape index (κ3) is 4.61. The first kappa shape index (κ1) is 19.7. The molecule has 144 valence electrons. The highest BCUT2D eigenvalue weighted by Gasteiger charge is 2.14. The molecule has 1 N–H and O–H groups in total. The first-order valence-electron chi connectivity index (χ1n) is 8.88. The Hall–Kier alpha value is -3.05. The van der Waals surface area contributed by atoms with Crippen LogP contribution in [0.1, 0.15) is 22.5 Å². The van der Waals surface area contributed by atoms with Gasteiger partial charge in [-0.2, -0.15) is 5.10 Å². The number of carbonyl (C=O) groups excluding carboxylic acids is 1. The van der Waals surface area contributed by atoms with Gasteiger partial charge in [0.05, 0.1) is 30.7 Å². The summed E-state index contributed by atoms with van der Waals surface area (Å²) in [4.78, 5) is 12.4. The van der Waals surface area contributed by atoms with Gasteiger partial charge in [-0.05, 0) is 49.2 Å². The minimum Gasteiger partial charge on any atom is -0.497 e. The Labute approximate surface area is 169 Å². The van der Waals surface area contributed by atoms with E-state index in [-0.39, 0.29) is 5.91 Å². The van der Waals surface area contributed by atoms with Crippen LogP contribution in [0.4, 0.5) is 5.69 Å². The fourth-order valence-corrected chi connectivity index (χ4v) is 3.07. The van der Waals surface area contributed by atoms with E-state index in [0.29, 0.717) is 11.6 Å². The molecule has 3 rings (SSSR count). The summed E-state index contributed by atoms with van der Waals surface area (Å²) in [5.41, 5.74) is 4.25. The fourth-order valence-electron chi connectivity index (χ4n) is 2.87. The van der Waals surface area contributed by atoms with Gasteiger partial charge in [-0.15, -0.1) is 0 Å². The number of aromatic nitrogens is 2. The molecule has 1 amide bonds. The highest BCUT2D eigenvalue weighted by molar-refractivity contribution is 6.31. The normalized spacial score (nSPS) is 11.0. The van der Waals surface area contributed by atoms with Gasteiger partial charge >= 0.3 is 0 Å². The fraction of sp³-hybridized carbons (Fsp3) is 0.182. The van der Waals surface area contributed by atoms with E-state index in [1.54, 1.807) is 13.2 Å². The number of benzene rings is 2. The van der Waals surface area contributed by atoms with Crippen molar-refractivity contribution in [1.29, 1.82) is 0 Å². The van der Waals surface area contributed by atoms with Crippen LogP contribution in [0.3, 0.4) is 0 Å². The van der Waals surface area contributed by atoms with Gasteiger partial charge in [0, 0.05) is 11.1 Å². The lowest BCUT2D eigenvalue weighted by molar-refractivity contribution is -0.111. The van der Waals surface area contributed by atoms with E-state index in [0.717, 1.165) is 34.0 Å². The standard InChI is InChI=1S/C22H22ClN3O2/c1-15-22(16(2)26(25-15)14-18-6-4-5-7-20(18)23)24-21(27)13-10-17-8-11-19(28-3)12-9-17/h4-13H,14H2,1-3H3,(H,24,27)/b13-10+. The molecule has 1 heterocycles. The van der Waals surface area contributed by atoms with E-state index < -0.39 is 0 Å². The molecular formula is C22H22ClN3O2. The van der Waals surface area contributed by atoms with Crippen LogP contribution in [0, 0.1) is 13.8 Å². The first-order valence-corrected chi connectivity index (χ1v) is 9.26. The molecular weight excluding hydrogens is 374 g/mol. The molecule has 3 aromatic rings. The molecule has 6 heteroatoms. The van der Waals surface area contributed by atoms with Crippen LogP contribution in [0.5, 0.6) is 5.75 Å². The van der Waals surface area contributed by atoms with Crippen LogP contribution in [-0.4, -0.2) is 22.8 Å². The maximum atomic E-state index is 12.4. The van der Waals surface area contributed by atoms with Crippen molar-refractivity contribution in [2.24, 2.45) is 0 Å². The summed E-state index contributed by atoms with van der Waals surface area (Å²) in [7, 11) is 1.62. The van der Waals surface area contributed by atoms with E-state index in [2.05, 4.69) is 10.4 Å². The number of halogens is 1. The van der Waals surface area contributed by atoms with Gasteiger partial charge in [0.25, 0.3) is 0 Å². The summed E-state index contributed by atoms with van der Waals surface area (Å²) in [5.74, 6) is 0.568. The second kappa shape index (κ2) is 8.76. The SMILES string of the molecule is COc1ccc(/C=C/C(=O)Nc2c(C)nn(Cc3ccccc3Cl)c2C)cc1. The van der Waals surface area contributed by atoms with Crippen molar-refractivity contribution in [3.8, 4) is 5.75 Å². The number of rotatable bonds is 6. The Bertz CT molecular complexity index is 1010. The molecule has 0 saturated carbocycles. The number of aryl methyl sites for hydroxylation is 1. The minimum atomic E-state index is -0.209. The summed E-state index contributed by atoms with van der Waals surface area (Å²) in [6, 6.07) is 15.1. The molecule has 5 nitrogen and oxygen atoms in total. The monoisotopic (exact) mass is 395 g/mol. The molecule has 0 unspecified atom stereocenters. The average Bonchev–Trinajstić information content (AvgIpc) is 2.96. The predicted molar refractivity (Wildman–Crippen MR) is 113 cm³/mol. The number of methoxy groups -OCH3 is 1. The average molecular weight is 396 g/mol. The van der Waals surface area contributed by atoms with Crippen molar-refractivity contribution >= 4 is 29.3 Å². The van der Waals surface area contributed by atoms with Gasteiger partial charge in [0.2, 0.25) is 5.91 Å². The lowest BCUT2D eigenvalue weighted by Gasteiger charge is -2.07. The van der Waals surface area contributed by atoms with Gasteiger partial charge in [-0.3, -0.25) is 9.48 Å². The lowest BCUT2D eigenvalue weighted by Crippen LogP contribution is -2.10. The van der Waals surface area contributed by atoms with Gasteiger partial charge < -0.3 is 10.1 Å². The van der Waals surface area contributed by atoms with Crippen molar-refractivity contribution in [2.75, 3.05) is 12.4 Å². The topological polar surface area (TPSA) is 56.1 Å². The highest BCUT2D eigenvalue weighted by atomic mass is 35.5. The second-order valence-corrected chi connectivity index (χ2v) is 6.80. The highest BCUT2D eigenvalue weighted by Crippen LogP contribution is 2.23. The van der Waals surface area contributed by atoms with Crippen molar-refractivity contribution < 1.29 is 9.53 Å². The van der Waals surface area contributed by atoms with Crippen LogP contribution < -0.4 is 10.1 Å². The van der Waals surface area contributed by atoms with Gasteiger partial charge in [-0.1, -0.05) is 41.9 Å². The number of amides is 1. The number of anilines is 1. The van der Waals surface area contributed by atoms with E-state index in [4.69, 9.17) is 16.3 Å². The lowest BCUT2D eigenvalue weighted by atomic mass is 10.2. The second-order valence-electron chi connectivity index (χ2n) is 6.39. The van der Waals surface area contributed by atoms with E-state index in [1.807, 2.05) is 67.1 Å². The van der Waals surface area contributed by atoms with E-state index in [9.17, 15) is 4.79 Å². The number of hydrogen-bond acceptors (Lipinski definition) is 3. The molecule has 0 aliphatic carbocycles. The summed E-state index contributed by atoms with van der Waals surface area (Å²) in [6.45, 7) is 4.35. The zero-order valence-electron chi connectivity index (χ0n) is 16.1. The Morgan fingerprint density at radius 2 is 1.89 bits per heavy atom. The zero-order chi connectivity index (χ0) is 20.1. The first-order chi connectivity index (χ1) is 13.5. The van der Waals surface area contributed by atoms with Crippen LogP contribution in [-0.2, 0) is 11.3 Å². The zero-order valence-corrected chi connectivity index (χ0v) is 16.8. The summed E-state index contributed by atoms with van der Waals surface area (Å²) in [6.07, 6.45) is 3.26. The number of carbonyl (C=O) groups is 1. The van der Waals surface area contributed by atoms with Crippen molar-refractivity contribution in [3.05, 3.63) is 82.1 Å². The molecule has 2 aromatic carbocycles. The molecule has 0 fully saturated rings. The number of ether oxygens (including phenoxy) is 1. The molecule has 0 saturated heterocycles. The molecule has 0 atom stereocenters. The summed E-state index contributed by atoms with van der Waals surface area (Å²) in [5, 5.41) is 8.16. The molecule has 0 radical (unpaired) electrons. The van der Waals surface area contributed by atoms with E-state index in [1.165, 1.54) is 6.08 Å². The third-order valence-electron chi connectivity index (χ3n) is 4.45. The minimum absolute atomic E-state index is 0.209. The molecule has 0 aliphatic heterocycles. The van der Waals surface area contributed by atoms with Gasteiger partial charge in [0.15, 0.2) is 0 Å². The van der Waals surface area contributed by atoms with Crippen LogP contribution in [0.15, 0.2) is 54.6 Å². The molecule has 1 aromatic heterocycles. The number of hydrogen-bond donors (Lipinski definition) is 1. The van der Waals surface area contributed by atoms with E-state index >= 15 is 0 Å². The Morgan fingerprint density at radius 3 is 2.57 bits per heavy atom. The van der Waals surface area contributed by atoms with Crippen LogP contribution >= 0.6 is 11.6 Å². The van der Waals surface area contributed by atoms with Crippen LogP contribution in [0.25, 0.3) is 6.08 Å². The van der Waals surface area contributed by atoms with Gasteiger partial charge in [0.1, 0.15) is 5.75 Å². The quantitative estimate of drug-likeness (QED) is 0.606. The van der Waals surface area contributed by atoms with Crippen LogP contribution in [0.2, 0.25) is 5.02 Å². The summed E-state index contributed by atoms with van der Waals surface area (Å²) >= 11 is 6.25. The summed E-state index contributed by atoms with van der Waals surface area (Å²) < 4.78 is 6.98. The van der Waals surface area contributed by atoms with Crippen molar-refractivity contribution in [2.45, 2.75) is 20.4 Å². The van der Waals surface area contributed by atoms with Crippen molar-refractivity contribution in [1.82, 2.24) is 9.78 Å². The third-order valence-corrected chi connectivity index (χ3v) is 4.82. The maximum Gasteiger partial charge on any atom is 0.248 e. The van der Waals surface area contributed by atoms with Gasteiger partial charge in [-0.25, -0.2) is 0 Å². The Balaban J connectivity index is 1.71. The van der Waals surface area contributed by atoms with Crippen molar-refractivity contribution in [3.63, 3.8) is 0 Å². The smallest absolute Gasteiger partial charge is 0.248 e. The maximum absolute atomic E-state index is 12.4. The molecule has 0 aliphatic rings. The number of nitrogens with zero attached hydrogens (tertiary/aromatic N) is 2. The molecule has 0 bridgehead atoms. The Morgan fingerprint density at radius 1 is 1.18 bits per heavy atom. The Kier molecular flexibility index (Phi) is 6.16. The number of nitrogens with one attached hydrogen (secondary N) is 1. The predicted octanol–water partition coefficient (Wildman–Crippen LogP) is 4.86. The molecule has 0 spiro atoms.